The van der Waals surface area contributed by atoms with Crippen molar-refractivity contribution in [2.24, 2.45) is 9.98 Å². The number of carbonyl (C=O) groups is 1. The Morgan fingerprint density at radius 2 is 1.77 bits per heavy atom. The van der Waals surface area contributed by atoms with Gasteiger partial charge in [0.05, 0.1) is 43.5 Å². The van der Waals surface area contributed by atoms with Crippen LogP contribution in [0, 0.1) is 0 Å². The molecule has 2 aromatic rings. The second-order valence-electron chi connectivity index (χ2n) is 9.46. The number of aliphatic imine (C=N–C) groups is 2. The summed E-state index contributed by atoms with van der Waals surface area (Å²) in [5.74, 6) is 0.368. The Labute approximate surface area is 237 Å². The molecule has 0 spiro atoms. The summed E-state index contributed by atoms with van der Waals surface area (Å²) in [6.07, 6.45) is 2.84. The number of pyridine rings is 1. The zero-order valence-electron chi connectivity index (χ0n) is 22.0. The Bertz CT molecular complexity index is 1260. The lowest BCUT2D eigenvalue weighted by Crippen LogP contribution is -2.44. The highest BCUT2D eigenvalue weighted by atomic mass is 79.9. The molecule has 2 fully saturated rings. The van der Waals surface area contributed by atoms with Gasteiger partial charge in [-0.1, -0.05) is 28.9 Å². The van der Waals surface area contributed by atoms with Crippen molar-refractivity contribution in [3.05, 3.63) is 58.3 Å². The van der Waals surface area contributed by atoms with E-state index in [0.717, 1.165) is 10.0 Å². The molecule has 0 unspecified atom stereocenters. The van der Waals surface area contributed by atoms with Crippen LogP contribution in [-0.4, -0.2) is 90.4 Å². The molecule has 0 aliphatic carbocycles. The van der Waals surface area contributed by atoms with Crippen LogP contribution in [0.3, 0.4) is 0 Å². The van der Waals surface area contributed by atoms with E-state index < -0.39 is 13.7 Å². The monoisotopic (exact) mass is 617 g/mol. The minimum atomic E-state index is -3.57. The molecule has 0 N–H and O–H groups in total. The van der Waals surface area contributed by atoms with E-state index in [1.165, 1.54) is 0 Å². The van der Waals surface area contributed by atoms with Gasteiger partial charge in [-0.2, -0.15) is 0 Å². The lowest BCUT2D eigenvalue weighted by molar-refractivity contribution is -0.118. The highest BCUT2D eigenvalue weighted by Gasteiger charge is 2.44. The fraction of sp³-hybridized carbons (Fsp3) is 0.481. The maximum Gasteiger partial charge on any atom is 0.397 e. The van der Waals surface area contributed by atoms with Gasteiger partial charge >= 0.3 is 7.67 Å². The summed E-state index contributed by atoms with van der Waals surface area (Å²) in [6, 6.07) is 10.8. The molecule has 2 saturated heterocycles. The summed E-state index contributed by atoms with van der Waals surface area (Å²) in [5, 5.41) is 0. The SMILES string of the molecule is CCC(=O)CC[C@@H]1N=C(c2ccccn2)c2cc(Br)ccc2N=C1OP(=O)(N1CCOCC1)N1CCOCC1. The van der Waals surface area contributed by atoms with Gasteiger partial charge in [0, 0.05) is 55.3 Å². The number of fused-ring (bicyclic) bond motifs is 1. The number of ether oxygens (including phenoxy) is 2. The van der Waals surface area contributed by atoms with Gasteiger partial charge in [0.1, 0.15) is 11.8 Å². The van der Waals surface area contributed by atoms with E-state index in [1.807, 2.05) is 52.7 Å². The predicted octanol–water partition coefficient (Wildman–Crippen LogP) is 4.64. The van der Waals surface area contributed by atoms with E-state index in [1.54, 1.807) is 6.20 Å². The Hall–Kier alpha value is -2.27. The fourth-order valence-electron chi connectivity index (χ4n) is 4.75. The van der Waals surface area contributed by atoms with Gasteiger partial charge in [0.15, 0.2) is 0 Å². The molecule has 4 heterocycles. The maximum absolute atomic E-state index is 14.9. The Kier molecular flexibility index (Phi) is 9.37. The minimum absolute atomic E-state index is 0.123. The van der Waals surface area contributed by atoms with Crippen molar-refractivity contribution in [2.75, 3.05) is 52.6 Å². The number of benzene rings is 1. The van der Waals surface area contributed by atoms with Gasteiger partial charge < -0.3 is 14.0 Å². The number of aromatic nitrogens is 1. The van der Waals surface area contributed by atoms with Crippen LogP contribution in [0.15, 0.2) is 57.1 Å². The van der Waals surface area contributed by atoms with Crippen LogP contribution >= 0.6 is 23.6 Å². The number of carbonyl (C=O) groups excluding carboxylic acids is 1. The molecule has 1 atom stereocenters. The molecular weight excluding hydrogens is 585 g/mol. The number of hydrogen-bond acceptors (Lipinski definition) is 8. The average Bonchev–Trinajstić information content (AvgIpc) is 3.13. The molecule has 0 amide bonds. The van der Waals surface area contributed by atoms with Crippen LogP contribution < -0.4 is 0 Å². The van der Waals surface area contributed by atoms with Crippen molar-refractivity contribution >= 4 is 46.7 Å². The van der Waals surface area contributed by atoms with E-state index in [0.29, 0.717) is 89.0 Å². The minimum Gasteiger partial charge on any atom is -0.405 e. The summed E-state index contributed by atoms with van der Waals surface area (Å²) in [6.45, 7) is 5.64. The lowest BCUT2D eigenvalue weighted by Gasteiger charge is -2.41. The second-order valence-corrected chi connectivity index (χ2v) is 12.7. The fourth-order valence-corrected chi connectivity index (χ4v) is 7.44. The zero-order valence-corrected chi connectivity index (χ0v) is 24.5. The van der Waals surface area contributed by atoms with E-state index >= 15 is 0 Å². The van der Waals surface area contributed by atoms with Crippen LogP contribution in [0.4, 0.5) is 5.69 Å². The van der Waals surface area contributed by atoms with E-state index in [-0.39, 0.29) is 11.7 Å². The number of nitrogens with zero attached hydrogens (tertiary/aromatic N) is 5. The number of morpholine rings is 2. The summed E-state index contributed by atoms with van der Waals surface area (Å²) in [5.41, 5.74) is 2.75. The van der Waals surface area contributed by atoms with Crippen LogP contribution in [0.25, 0.3) is 0 Å². The third-order valence-electron chi connectivity index (χ3n) is 6.92. The molecule has 0 bridgehead atoms. The quantitative estimate of drug-likeness (QED) is 0.394. The van der Waals surface area contributed by atoms with Crippen molar-refractivity contribution < 1.29 is 23.4 Å². The molecule has 12 heteroatoms. The van der Waals surface area contributed by atoms with E-state index in [9.17, 15) is 9.36 Å². The molecule has 10 nitrogen and oxygen atoms in total. The molecule has 1 aromatic carbocycles. The third-order valence-corrected chi connectivity index (χ3v) is 10.1. The maximum atomic E-state index is 14.9. The first-order chi connectivity index (χ1) is 19.0. The Morgan fingerprint density at radius 3 is 2.38 bits per heavy atom. The molecule has 39 heavy (non-hydrogen) atoms. The van der Waals surface area contributed by atoms with Gasteiger partial charge in [0.2, 0.25) is 5.90 Å². The van der Waals surface area contributed by atoms with Crippen molar-refractivity contribution in [3.63, 3.8) is 0 Å². The summed E-state index contributed by atoms with van der Waals surface area (Å²) in [7, 11) is -3.57. The Balaban J connectivity index is 1.61. The predicted molar refractivity (Wildman–Crippen MR) is 153 cm³/mol. The van der Waals surface area contributed by atoms with Gasteiger partial charge in [-0.15, -0.1) is 0 Å². The van der Waals surface area contributed by atoms with Crippen LogP contribution in [-0.2, 0) is 23.4 Å². The molecule has 1 aromatic heterocycles. The normalized spacial score (nSPS) is 20.9. The highest BCUT2D eigenvalue weighted by Crippen LogP contribution is 2.55. The molecular formula is C27H33BrN5O5P. The number of rotatable bonds is 8. The highest BCUT2D eigenvalue weighted by molar-refractivity contribution is 9.10. The van der Waals surface area contributed by atoms with Gasteiger partial charge in [0.25, 0.3) is 0 Å². The van der Waals surface area contributed by atoms with E-state index in [2.05, 4.69) is 20.9 Å². The number of halogens is 1. The Morgan fingerprint density at radius 1 is 1.08 bits per heavy atom. The number of hydrogen-bond donors (Lipinski definition) is 0. The summed E-state index contributed by atoms with van der Waals surface area (Å²) < 4.78 is 37.2. The summed E-state index contributed by atoms with van der Waals surface area (Å²) in [4.78, 5) is 27.0. The number of Topliss-reactive ketones (excluding diaryl/α,β-unsaturated/α-hetero) is 1. The summed E-state index contributed by atoms with van der Waals surface area (Å²) >= 11 is 3.58. The molecule has 208 valence electrons. The standard InChI is InChI=1S/C27H33BrN5O5P/c1-2-21(34)7-9-25-27(38-39(35,32-11-15-36-16-12-32)33-13-17-37-18-14-33)31-23-8-6-20(28)19-22(23)26(30-25)24-5-3-4-10-29-24/h3-6,8,10,19,25H,2,7,9,11-18H2,1H3/t25-/m0/s1. The van der Waals surface area contributed by atoms with Crippen LogP contribution in [0.5, 0.6) is 0 Å². The van der Waals surface area contributed by atoms with Crippen molar-refractivity contribution in [2.45, 2.75) is 32.2 Å². The first kappa shape index (κ1) is 28.3. The van der Waals surface area contributed by atoms with E-state index in [4.69, 9.17) is 24.0 Å². The molecule has 3 aliphatic rings. The first-order valence-corrected chi connectivity index (χ1v) is 15.7. The van der Waals surface area contributed by atoms with Crippen molar-refractivity contribution in [1.29, 1.82) is 0 Å². The third kappa shape index (κ3) is 6.56. The van der Waals surface area contributed by atoms with Gasteiger partial charge in [-0.3, -0.25) is 14.8 Å². The molecule has 0 radical (unpaired) electrons. The number of ketones is 1. The van der Waals surface area contributed by atoms with Crippen LogP contribution in [0.1, 0.15) is 37.4 Å². The van der Waals surface area contributed by atoms with Crippen molar-refractivity contribution in [1.82, 2.24) is 14.3 Å². The van der Waals surface area contributed by atoms with Crippen molar-refractivity contribution in [3.8, 4) is 0 Å². The molecule has 0 saturated carbocycles. The molecule has 5 rings (SSSR count). The van der Waals surface area contributed by atoms with Gasteiger partial charge in [-0.05, 0) is 36.8 Å². The largest absolute Gasteiger partial charge is 0.405 e. The smallest absolute Gasteiger partial charge is 0.397 e. The topological polar surface area (TPSA) is 106 Å². The molecule has 3 aliphatic heterocycles. The lowest BCUT2D eigenvalue weighted by atomic mass is 10.0. The second kappa shape index (κ2) is 12.9. The zero-order chi connectivity index (χ0) is 27.2. The average molecular weight is 618 g/mol. The van der Waals surface area contributed by atoms with Crippen LogP contribution in [0.2, 0.25) is 0 Å². The van der Waals surface area contributed by atoms with Gasteiger partial charge in [-0.25, -0.2) is 18.9 Å². The first-order valence-electron chi connectivity index (χ1n) is 13.3.